The third kappa shape index (κ3) is 2.80. The number of nitro groups is 1. The van der Waals surface area contributed by atoms with Crippen LogP contribution in [0.4, 0.5) is 5.69 Å². The number of amidine groups is 1. The molecule has 4 rings (SSSR count). The minimum absolute atomic E-state index is 0.0107. The van der Waals surface area contributed by atoms with Crippen LogP contribution in [0.5, 0.6) is 0 Å². The van der Waals surface area contributed by atoms with Crippen molar-refractivity contribution >= 4 is 28.5 Å². The highest BCUT2D eigenvalue weighted by Crippen LogP contribution is 2.43. The van der Waals surface area contributed by atoms with Crippen molar-refractivity contribution in [2.45, 2.75) is 11.0 Å². The Morgan fingerprint density at radius 3 is 2.64 bits per heavy atom. The normalized spacial score (nSPS) is 29.6. The number of ether oxygens (including phenoxy) is 2. The Bertz CT molecular complexity index is 745. The number of rotatable bonds is 2. The number of benzene rings is 1. The van der Waals surface area contributed by atoms with Crippen molar-refractivity contribution in [3.63, 3.8) is 0 Å². The second-order valence-electron chi connectivity index (χ2n) is 6.21. The number of fused-ring (bicyclic) bond motifs is 1. The van der Waals surface area contributed by atoms with Gasteiger partial charge in [0.2, 0.25) is 0 Å². The fourth-order valence-corrected chi connectivity index (χ4v) is 4.13. The summed E-state index contributed by atoms with van der Waals surface area (Å²) in [6.07, 6.45) is -0.637. The molecule has 0 bridgehead atoms. The van der Waals surface area contributed by atoms with E-state index in [9.17, 15) is 14.9 Å². The predicted octanol–water partition coefficient (Wildman–Crippen LogP) is 1.17. The van der Waals surface area contributed by atoms with Crippen molar-refractivity contribution in [3.8, 4) is 0 Å². The molecule has 1 aromatic carbocycles. The highest BCUT2D eigenvalue weighted by Gasteiger charge is 2.55. The van der Waals surface area contributed by atoms with E-state index in [4.69, 9.17) is 9.47 Å². The molecule has 0 aromatic heterocycles. The number of nitro benzene ring substituents is 1. The molecule has 2 saturated heterocycles. The molecule has 132 valence electrons. The van der Waals surface area contributed by atoms with Crippen LogP contribution in [-0.2, 0) is 14.3 Å². The number of nitrogens with zero attached hydrogens (tertiary/aromatic N) is 4. The van der Waals surface area contributed by atoms with Crippen molar-refractivity contribution in [1.82, 2.24) is 9.80 Å². The van der Waals surface area contributed by atoms with E-state index in [1.807, 2.05) is 11.9 Å². The molecule has 1 aromatic rings. The van der Waals surface area contributed by atoms with Gasteiger partial charge in [0.05, 0.1) is 31.5 Å². The van der Waals surface area contributed by atoms with E-state index >= 15 is 0 Å². The number of hydrogen-bond acceptors (Lipinski definition) is 8. The fraction of sp³-hybridized carbons (Fsp3) is 0.467. The third-order valence-electron chi connectivity index (χ3n) is 4.29. The van der Waals surface area contributed by atoms with E-state index in [1.54, 1.807) is 17.0 Å². The van der Waals surface area contributed by atoms with Gasteiger partial charge < -0.3 is 9.47 Å². The summed E-state index contributed by atoms with van der Waals surface area (Å²) in [7, 11) is 1.90. The lowest BCUT2D eigenvalue weighted by Crippen LogP contribution is -2.52. The maximum Gasteiger partial charge on any atom is 0.269 e. The Morgan fingerprint density at radius 1 is 1.32 bits per heavy atom. The molecule has 1 amide bonds. The lowest BCUT2D eigenvalue weighted by atomic mass is 10.1. The first kappa shape index (κ1) is 16.5. The summed E-state index contributed by atoms with van der Waals surface area (Å²) in [4.78, 5) is 31.1. The topological polar surface area (TPSA) is 97.5 Å². The number of thioether (sulfide) groups is 1. The molecule has 9 nitrogen and oxygen atoms in total. The summed E-state index contributed by atoms with van der Waals surface area (Å²) < 4.78 is 10.7. The maximum absolute atomic E-state index is 12.8. The van der Waals surface area contributed by atoms with Crippen molar-refractivity contribution in [1.29, 1.82) is 0 Å². The summed E-state index contributed by atoms with van der Waals surface area (Å²) in [6.45, 7) is 1.49. The molecule has 10 heteroatoms. The standard InChI is InChI=1S/C15H16N4O5S/c1-17-8-16-14-18(9-17)13(20)15(25-14)6-23-12(24-7-15)10-2-4-11(5-3-10)19(21)22/h2-5,12H,6-9H2,1H3. The quantitative estimate of drug-likeness (QED) is 0.574. The van der Waals surface area contributed by atoms with Crippen LogP contribution in [0, 0.1) is 10.1 Å². The molecule has 3 heterocycles. The molecule has 0 saturated carbocycles. The van der Waals surface area contributed by atoms with Crippen LogP contribution in [0.25, 0.3) is 0 Å². The average molecular weight is 364 g/mol. The molecular formula is C15H16N4O5S. The van der Waals surface area contributed by atoms with Gasteiger partial charge in [-0.15, -0.1) is 0 Å². The number of non-ortho nitro benzene ring substituents is 1. The van der Waals surface area contributed by atoms with E-state index in [0.717, 1.165) is 0 Å². The first-order chi connectivity index (χ1) is 12.0. The van der Waals surface area contributed by atoms with Crippen LogP contribution in [0.15, 0.2) is 29.3 Å². The van der Waals surface area contributed by atoms with E-state index in [-0.39, 0.29) is 24.8 Å². The van der Waals surface area contributed by atoms with E-state index < -0.39 is 16.0 Å². The maximum atomic E-state index is 12.8. The van der Waals surface area contributed by atoms with E-state index in [1.165, 1.54) is 23.9 Å². The van der Waals surface area contributed by atoms with Crippen molar-refractivity contribution in [2.75, 3.05) is 33.6 Å². The Labute approximate surface area is 147 Å². The molecule has 0 aliphatic carbocycles. The highest BCUT2D eigenvalue weighted by atomic mass is 32.2. The molecule has 0 unspecified atom stereocenters. The van der Waals surface area contributed by atoms with E-state index in [0.29, 0.717) is 24.1 Å². The molecule has 0 N–H and O–H groups in total. The Morgan fingerprint density at radius 2 is 2.00 bits per heavy atom. The van der Waals surface area contributed by atoms with E-state index in [2.05, 4.69) is 4.99 Å². The first-order valence-electron chi connectivity index (χ1n) is 7.70. The summed E-state index contributed by atoms with van der Waals surface area (Å²) in [6, 6.07) is 6.03. The van der Waals surface area contributed by atoms with Crippen LogP contribution < -0.4 is 0 Å². The molecule has 0 atom stereocenters. The molecule has 3 aliphatic heterocycles. The van der Waals surface area contributed by atoms with Crippen LogP contribution in [-0.4, -0.2) is 64.1 Å². The highest BCUT2D eigenvalue weighted by molar-refractivity contribution is 8.16. The van der Waals surface area contributed by atoms with Gasteiger partial charge in [0, 0.05) is 17.7 Å². The molecule has 2 fully saturated rings. The van der Waals surface area contributed by atoms with Crippen molar-refractivity contribution in [3.05, 3.63) is 39.9 Å². The van der Waals surface area contributed by atoms with Gasteiger partial charge in [-0.3, -0.25) is 24.7 Å². The zero-order valence-electron chi connectivity index (χ0n) is 13.5. The molecule has 0 radical (unpaired) electrons. The largest absolute Gasteiger partial charge is 0.346 e. The first-order valence-corrected chi connectivity index (χ1v) is 8.52. The Hall–Kier alpha value is -2.01. The Balaban J connectivity index is 1.46. The van der Waals surface area contributed by atoms with Gasteiger partial charge in [-0.05, 0) is 19.2 Å². The van der Waals surface area contributed by atoms with Crippen LogP contribution in [0.3, 0.4) is 0 Å². The average Bonchev–Trinajstić information content (AvgIpc) is 2.88. The molecule has 1 spiro atoms. The number of carbonyl (C=O) groups is 1. The lowest BCUT2D eigenvalue weighted by Gasteiger charge is -2.34. The zero-order chi connectivity index (χ0) is 17.6. The Kier molecular flexibility index (Phi) is 3.99. The van der Waals surface area contributed by atoms with Crippen molar-refractivity contribution < 1.29 is 19.2 Å². The third-order valence-corrected chi connectivity index (χ3v) is 5.63. The van der Waals surface area contributed by atoms with Crippen LogP contribution >= 0.6 is 11.8 Å². The molecule has 25 heavy (non-hydrogen) atoms. The van der Waals surface area contributed by atoms with Crippen LogP contribution in [0.1, 0.15) is 11.9 Å². The smallest absolute Gasteiger partial charge is 0.269 e. The van der Waals surface area contributed by atoms with Gasteiger partial charge in [0.1, 0.15) is 4.75 Å². The number of hydrogen-bond donors (Lipinski definition) is 0. The zero-order valence-corrected chi connectivity index (χ0v) is 14.3. The summed E-state index contributed by atoms with van der Waals surface area (Å²) in [5.74, 6) is -0.0510. The SMILES string of the molecule is CN1CN=C2SC3(COC(c4ccc([N+](=O)[O-])cc4)OC3)C(=O)N2C1. The monoisotopic (exact) mass is 364 g/mol. The number of aliphatic imine (C=N–C) groups is 1. The minimum Gasteiger partial charge on any atom is -0.346 e. The number of amides is 1. The van der Waals surface area contributed by atoms with Gasteiger partial charge in [0.15, 0.2) is 11.5 Å². The van der Waals surface area contributed by atoms with Gasteiger partial charge in [0.25, 0.3) is 11.6 Å². The summed E-state index contributed by atoms with van der Waals surface area (Å²) in [5.41, 5.74) is 0.697. The van der Waals surface area contributed by atoms with Gasteiger partial charge in [-0.2, -0.15) is 0 Å². The van der Waals surface area contributed by atoms with Gasteiger partial charge in [-0.1, -0.05) is 11.8 Å². The fourth-order valence-electron chi connectivity index (χ4n) is 2.95. The molecule has 3 aliphatic rings. The minimum atomic E-state index is -0.804. The number of carbonyl (C=O) groups excluding carboxylic acids is 1. The van der Waals surface area contributed by atoms with Crippen molar-refractivity contribution in [2.24, 2.45) is 4.99 Å². The second kappa shape index (κ2) is 6.06. The van der Waals surface area contributed by atoms with Crippen LogP contribution in [0.2, 0.25) is 0 Å². The van der Waals surface area contributed by atoms with Gasteiger partial charge in [-0.25, -0.2) is 4.99 Å². The summed E-state index contributed by atoms with van der Waals surface area (Å²) >= 11 is 1.39. The second-order valence-corrected chi connectivity index (χ2v) is 7.56. The summed E-state index contributed by atoms with van der Waals surface area (Å²) in [5, 5.41) is 11.4. The lowest BCUT2D eigenvalue weighted by molar-refractivity contribution is -0.384. The predicted molar refractivity (Wildman–Crippen MR) is 89.8 cm³/mol. The molecular weight excluding hydrogens is 348 g/mol. The van der Waals surface area contributed by atoms with Gasteiger partial charge >= 0.3 is 0 Å².